The van der Waals surface area contributed by atoms with Gasteiger partial charge in [-0.25, -0.2) is 4.68 Å². The minimum absolute atomic E-state index is 0.222. The van der Waals surface area contributed by atoms with Crippen LogP contribution in [0.5, 0.6) is 5.75 Å². The molecule has 0 aliphatic carbocycles. The number of hydrogen-bond donors (Lipinski definition) is 2. The molecule has 2 aromatic rings. The second-order valence-corrected chi connectivity index (χ2v) is 2.99. The van der Waals surface area contributed by atoms with Crippen molar-refractivity contribution in [3.8, 4) is 11.4 Å². The quantitative estimate of drug-likeness (QED) is 0.699. The third kappa shape index (κ3) is 1.28. The first-order valence-corrected chi connectivity index (χ1v) is 4.15. The highest BCUT2D eigenvalue weighted by atomic mass is 16.3. The molecular formula is C9H10N4O. The number of phenols is 1. The Kier molecular flexibility index (Phi) is 1.85. The van der Waals surface area contributed by atoms with Gasteiger partial charge in [-0.3, -0.25) is 0 Å². The van der Waals surface area contributed by atoms with Gasteiger partial charge in [-0.15, -0.1) is 5.10 Å². The zero-order valence-corrected chi connectivity index (χ0v) is 7.68. The lowest BCUT2D eigenvalue weighted by Gasteiger charge is -2.02. The fourth-order valence-corrected chi connectivity index (χ4v) is 1.18. The van der Waals surface area contributed by atoms with E-state index in [1.54, 1.807) is 28.9 Å². The molecule has 5 heteroatoms. The highest BCUT2D eigenvalue weighted by Crippen LogP contribution is 2.16. The summed E-state index contributed by atoms with van der Waals surface area (Å²) in [6, 6.07) is 6.67. The van der Waals surface area contributed by atoms with E-state index in [2.05, 4.69) is 10.3 Å². The standard InChI is InChI=1S/C9H10N4O/c1-6-9(10)11-12-13(6)7-2-4-8(14)5-3-7/h2-5,14H,10H2,1H3. The van der Waals surface area contributed by atoms with E-state index in [0.717, 1.165) is 11.4 Å². The fraction of sp³-hybridized carbons (Fsp3) is 0.111. The van der Waals surface area contributed by atoms with E-state index in [1.165, 1.54) is 0 Å². The summed E-state index contributed by atoms with van der Waals surface area (Å²) in [5, 5.41) is 16.7. The lowest BCUT2D eigenvalue weighted by Crippen LogP contribution is -1.99. The van der Waals surface area contributed by atoms with Gasteiger partial charge in [0.15, 0.2) is 5.82 Å². The van der Waals surface area contributed by atoms with Crippen molar-refractivity contribution in [3.63, 3.8) is 0 Å². The number of nitrogens with zero attached hydrogens (tertiary/aromatic N) is 3. The van der Waals surface area contributed by atoms with Gasteiger partial charge in [-0.05, 0) is 31.2 Å². The molecule has 0 radical (unpaired) electrons. The highest BCUT2D eigenvalue weighted by molar-refractivity contribution is 5.41. The van der Waals surface area contributed by atoms with Crippen molar-refractivity contribution in [1.29, 1.82) is 0 Å². The molecule has 0 unspecified atom stereocenters. The van der Waals surface area contributed by atoms with Crippen molar-refractivity contribution in [1.82, 2.24) is 15.0 Å². The van der Waals surface area contributed by atoms with Gasteiger partial charge in [-0.2, -0.15) is 0 Å². The first-order valence-electron chi connectivity index (χ1n) is 4.15. The molecular weight excluding hydrogens is 180 g/mol. The molecule has 0 amide bonds. The summed E-state index contributed by atoms with van der Waals surface area (Å²) in [5.41, 5.74) is 7.18. The molecule has 5 nitrogen and oxygen atoms in total. The van der Waals surface area contributed by atoms with E-state index in [-0.39, 0.29) is 5.75 Å². The maximum atomic E-state index is 9.11. The number of phenolic OH excluding ortho intramolecular Hbond substituents is 1. The molecule has 72 valence electrons. The van der Waals surface area contributed by atoms with E-state index in [9.17, 15) is 0 Å². The molecule has 0 aliphatic heterocycles. The topological polar surface area (TPSA) is 77.0 Å². The van der Waals surface area contributed by atoms with Gasteiger partial charge < -0.3 is 10.8 Å². The molecule has 0 bridgehead atoms. The molecule has 14 heavy (non-hydrogen) atoms. The lowest BCUT2D eigenvalue weighted by atomic mass is 10.3. The molecule has 1 aromatic carbocycles. The second-order valence-electron chi connectivity index (χ2n) is 2.99. The van der Waals surface area contributed by atoms with Crippen molar-refractivity contribution in [3.05, 3.63) is 30.0 Å². The maximum Gasteiger partial charge on any atom is 0.169 e. The first kappa shape index (κ1) is 8.55. The van der Waals surface area contributed by atoms with Crippen molar-refractivity contribution >= 4 is 5.82 Å². The largest absolute Gasteiger partial charge is 0.508 e. The average molecular weight is 190 g/mol. The number of anilines is 1. The van der Waals surface area contributed by atoms with Crippen LogP contribution in [0.2, 0.25) is 0 Å². The van der Waals surface area contributed by atoms with Crippen LogP contribution in [0.4, 0.5) is 5.82 Å². The van der Waals surface area contributed by atoms with Gasteiger partial charge in [0.1, 0.15) is 5.75 Å². The number of benzene rings is 1. The zero-order valence-electron chi connectivity index (χ0n) is 7.68. The highest BCUT2D eigenvalue weighted by Gasteiger charge is 2.06. The first-order chi connectivity index (χ1) is 6.68. The van der Waals surface area contributed by atoms with Gasteiger partial charge in [0, 0.05) is 0 Å². The summed E-state index contributed by atoms with van der Waals surface area (Å²) in [5.74, 6) is 0.637. The van der Waals surface area contributed by atoms with E-state index < -0.39 is 0 Å². The molecule has 2 rings (SSSR count). The molecule has 0 aliphatic rings. The molecule has 0 saturated heterocycles. The Morgan fingerprint density at radius 2 is 1.93 bits per heavy atom. The molecule has 0 atom stereocenters. The summed E-state index contributed by atoms with van der Waals surface area (Å²) in [7, 11) is 0. The Balaban J connectivity index is 2.49. The Morgan fingerprint density at radius 1 is 1.29 bits per heavy atom. The third-order valence-electron chi connectivity index (χ3n) is 2.02. The van der Waals surface area contributed by atoms with Crippen molar-refractivity contribution < 1.29 is 5.11 Å². The summed E-state index contributed by atoms with van der Waals surface area (Å²) in [4.78, 5) is 0. The monoisotopic (exact) mass is 190 g/mol. The minimum atomic E-state index is 0.222. The minimum Gasteiger partial charge on any atom is -0.508 e. The number of hydrogen-bond acceptors (Lipinski definition) is 4. The maximum absolute atomic E-state index is 9.11. The van der Waals surface area contributed by atoms with Gasteiger partial charge in [0.25, 0.3) is 0 Å². The van der Waals surface area contributed by atoms with E-state index in [4.69, 9.17) is 10.8 Å². The number of rotatable bonds is 1. The van der Waals surface area contributed by atoms with Gasteiger partial charge in [0.2, 0.25) is 0 Å². The van der Waals surface area contributed by atoms with E-state index >= 15 is 0 Å². The number of aromatic nitrogens is 3. The van der Waals surface area contributed by atoms with Crippen LogP contribution in [0.25, 0.3) is 5.69 Å². The predicted octanol–water partition coefficient (Wildman–Crippen LogP) is 0.864. The fourth-order valence-electron chi connectivity index (χ4n) is 1.18. The molecule has 0 saturated carbocycles. The second kappa shape index (κ2) is 3.02. The van der Waals surface area contributed by atoms with Gasteiger partial charge >= 0.3 is 0 Å². The van der Waals surface area contributed by atoms with Crippen molar-refractivity contribution in [2.24, 2.45) is 0 Å². The Morgan fingerprint density at radius 3 is 2.43 bits per heavy atom. The average Bonchev–Trinajstić information content (AvgIpc) is 2.50. The van der Waals surface area contributed by atoms with Crippen LogP contribution in [-0.4, -0.2) is 20.1 Å². The van der Waals surface area contributed by atoms with Gasteiger partial charge in [0.05, 0.1) is 11.4 Å². The number of nitrogen functional groups attached to an aromatic ring is 1. The van der Waals surface area contributed by atoms with E-state index in [1.807, 2.05) is 6.92 Å². The van der Waals surface area contributed by atoms with Crippen LogP contribution in [0, 0.1) is 6.92 Å². The Labute approximate surface area is 80.8 Å². The zero-order chi connectivity index (χ0) is 10.1. The summed E-state index contributed by atoms with van der Waals surface area (Å²) in [6.07, 6.45) is 0. The van der Waals surface area contributed by atoms with Crippen molar-refractivity contribution in [2.75, 3.05) is 5.73 Å². The van der Waals surface area contributed by atoms with Crippen molar-refractivity contribution in [2.45, 2.75) is 6.92 Å². The summed E-state index contributed by atoms with van der Waals surface area (Å²) >= 11 is 0. The number of nitrogens with two attached hydrogens (primary N) is 1. The Hall–Kier alpha value is -2.04. The number of aromatic hydroxyl groups is 1. The van der Waals surface area contributed by atoms with E-state index in [0.29, 0.717) is 5.82 Å². The third-order valence-corrected chi connectivity index (χ3v) is 2.02. The van der Waals surface area contributed by atoms with Crippen LogP contribution in [0.3, 0.4) is 0 Å². The molecule has 1 aromatic heterocycles. The van der Waals surface area contributed by atoms with Crippen LogP contribution < -0.4 is 5.73 Å². The smallest absolute Gasteiger partial charge is 0.169 e. The normalized spacial score (nSPS) is 10.4. The molecule has 0 fully saturated rings. The molecule has 1 heterocycles. The molecule has 3 N–H and O–H groups in total. The SMILES string of the molecule is Cc1c(N)nnn1-c1ccc(O)cc1. The van der Waals surface area contributed by atoms with Crippen LogP contribution in [0.1, 0.15) is 5.69 Å². The van der Waals surface area contributed by atoms with Crippen LogP contribution in [0.15, 0.2) is 24.3 Å². The Bertz CT molecular complexity index is 446. The predicted molar refractivity (Wildman–Crippen MR) is 52.2 cm³/mol. The molecule has 0 spiro atoms. The van der Waals surface area contributed by atoms with Crippen LogP contribution >= 0.6 is 0 Å². The lowest BCUT2D eigenvalue weighted by molar-refractivity contribution is 0.475. The van der Waals surface area contributed by atoms with Gasteiger partial charge in [-0.1, -0.05) is 5.21 Å². The summed E-state index contributed by atoms with van der Waals surface area (Å²) in [6.45, 7) is 1.84. The summed E-state index contributed by atoms with van der Waals surface area (Å²) < 4.78 is 1.62. The van der Waals surface area contributed by atoms with Crippen LogP contribution in [-0.2, 0) is 0 Å².